The molecule has 4 rings (SSSR count). The molecule has 150 valence electrons. The number of hydrogen-bond donors (Lipinski definition) is 0. The third-order valence-corrected chi connectivity index (χ3v) is 4.70. The molecule has 2 aromatic rings. The Bertz CT molecular complexity index is 1000. The maximum atomic E-state index is 12.8. The molecule has 1 amide bonds. The molecule has 2 aliphatic heterocycles. The van der Waals surface area contributed by atoms with Crippen LogP contribution in [0.4, 0.5) is 11.4 Å². The first-order valence-corrected chi connectivity index (χ1v) is 9.22. The van der Waals surface area contributed by atoms with Crippen molar-refractivity contribution in [1.82, 2.24) is 0 Å². The molecule has 2 heterocycles. The van der Waals surface area contributed by atoms with Crippen LogP contribution in [-0.4, -0.2) is 29.9 Å². The predicted molar refractivity (Wildman–Crippen MR) is 104 cm³/mol. The van der Waals surface area contributed by atoms with Crippen LogP contribution in [0.3, 0.4) is 0 Å². The van der Waals surface area contributed by atoms with Crippen molar-refractivity contribution in [2.75, 3.05) is 18.2 Å². The normalized spacial score (nSPS) is 16.4. The molecule has 0 aromatic heterocycles. The Labute approximate surface area is 166 Å². The maximum Gasteiger partial charge on any atom is 0.281 e. The van der Waals surface area contributed by atoms with E-state index in [9.17, 15) is 14.9 Å². The summed E-state index contributed by atoms with van der Waals surface area (Å²) in [6, 6.07) is 10.2. The van der Waals surface area contributed by atoms with Gasteiger partial charge in [-0.3, -0.25) is 14.9 Å². The van der Waals surface area contributed by atoms with Crippen molar-refractivity contribution in [3.63, 3.8) is 0 Å². The molecule has 2 aliphatic rings. The number of ether oxygens (including phenoxy) is 2. The molecular formula is C20H19N3O6. The molecule has 2 aromatic carbocycles. The minimum atomic E-state index is -0.482. The van der Waals surface area contributed by atoms with Crippen LogP contribution in [0.15, 0.2) is 41.6 Å². The van der Waals surface area contributed by atoms with Crippen molar-refractivity contribution < 1.29 is 24.0 Å². The number of para-hydroxylation sites is 1. The van der Waals surface area contributed by atoms with Gasteiger partial charge < -0.3 is 19.2 Å². The highest BCUT2D eigenvalue weighted by Gasteiger charge is 2.33. The van der Waals surface area contributed by atoms with E-state index in [-0.39, 0.29) is 37.3 Å². The van der Waals surface area contributed by atoms with E-state index in [1.54, 1.807) is 4.90 Å². The first kappa shape index (κ1) is 18.9. The van der Waals surface area contributed by atoms with Crippen LogP contribution in [-0.2, 0) is 27.6 Å². The van der Waals surface area contributed by atoms with Crippen LogP contribution in [0.1, 0.15) is 30.0 Å². The third-order valence-electron chi connectivity index (χ3n) is 4.70. The van der Waals surface area contributed by atoms with E-state index in [0.717, 1.165) is 12.1 Å². The zero-order valence-corrected chi connectivity index (χ0v) is 15.8. The Kier molecular flexibility index (Phi) is 5.13. The SMILES string of the molecule is CCCN1C(=O)/C(=N/OCc2cc([N+](=O)[O-])cc3c2OCOC3)c2ccccc21. The highest BCUT2D eigenvalue weighted by Crippen LogP contribution is 2.33. The minimum absolute atomic E-state index is 0.0597. The van der Waals surface area contributed by atoms with Crippen LogP contribution in [0.2, 0.25) is 0 Å². The summed E-state index contributed by atoms with van der Waals surface area (Å²) in [4.78, 5) is 30.6. The van der Waals surface area contributed by atoms with Gasteiger partial charge in [0.05, 0.1) is 17.2 Å². The second-order valence-electron chi connectivity index (χ2n) is 6.65. The lowest BCUT2D eigenvalue weighted by atomic mass is 10.1. The van der Waals surface area contributed by atoms with Gasteiger partial charge in [0.25, 0.3) is 11.6 Å². The van der Waals surface area contributed by atoms with Crippen molar-refractivity contribution in [2.24, 2.45) is 5.16 Å². The Morgan fingerprint density at radius 2 is 2.14 bits per heavy atom. The lowest BCUT2D eigenvalue weighted by Crippen LogP contribution is -2.30. The van der Waals surface area contributed by atoms with Gasteiger partial charge >= 0.3 is 0 Å². The fourth-order valence-electron chi connectivity index (χ4n) is 3.46. The minimum Gasteiger partial charge on any atom is -0.467 e. The summed E-state index contributed by atoms with van der Waals surface area (Å²) in [6.45, 7) is 2.79. The Hall–Kier alpha value is -3.46. The third kappa shape index (κ3) is 3.52. The standard InChI is InChI=1S/C20H19N3O6/c1-2-7-22-17-6-4-3-5-16(17)18(20(22)24)21-29-11-14-9-15(23(25)26)8-13-10-27-12-28-19(13)14/h3-6,8-9H,2,7,10-12H2,1H3/b21-18+. The van der Waals surface area contributed by atoms with E-state index in [0.29, 0.717) is 29.0 Å². The van der Waals surface area contributed by atoms with Crippen LogP contribution in [0, 0.1) is 10.1 Å². The van der Waals surface area contributed by atoms with Crippen LogP contribution in [0.5, 0.6) is 5.75 Å². The highest BCUT2D eigenvalue weighted by atomic mass is 16.7. The van der Waals surface area contributed by atoms with Crippen molar-refractivity contribution in [1.29, 1.82) is 0 Å². The molecule has 0 N–H and O–H groups in total. The van der Waals surface area contributed by atoms with Gasteiger partial charge in [-0.1, -0.05) is 30.3 Å². The fourth-order valence-corrected chi connectivity index (χ4v) is 3.46. The number of amides is 1. The highest BCUT2D eigenvalue weighted by molar-refractivity contribution is 6.54. The fraction of sp³-hybridized carbons (Fsp3) is 0.300. The maximum absolute atomic E-state index is 12.8. The van der Waals surface area contributed by atoms with Crippen LogP contribution in [0.25, 0.3) is 0 Å². The van der Waals surface area contributed by atoms with Crippen LogP contribution < -0.4 is 9.64 Å². The molecule has 0 radical (unpaired) electrons. The van der Waals surface area contributed by atoms with Gasteiger partial charge in [-0.25, -0.2) is 0 Å². The molecule has 0 spiro atoms. The summed E-state index contributed by atoms with van der Waals surface area (Å²) >= 11 is 0. The molecule has 0 saturated carbocycles. The van der Waals surface area contributed by atoms with E-state index in [4.69, 9.17) is 14.3 Å². The Morgan fingerprint density at radius 1 is 1.31 bits per heavy atom. The summed E-state index contributed by atoms with van der Waals surface area (Å²) in [5.41, 5.74) is 2.70. The molecule has 9 heteroatoms. The average Bonchev–Trinajstić information content (AvgIpc) is 3.00. The van der Waals surface area contributed by atoms with Gasteiger partial charge in [-0.15, -0.1) is 0 Å². The number of fused-ring (bicyclic) bond motifs is 2. The molecule has 0 saturated heterocycles. The van der Waals surface area contributed by atoms with Crippen molar-refractivity contribution >= 4 is 23.0 Å². The van der Waals surface area contributed by atoms with Gasteiger partial charge in [-0.05, 0) is 12.5 Å². The summed E-state index contributed by atoms with van der Waals surface area (Å²) in [6.07, 6.45) is 0.813. The second kappa shape index (κ2) is 7.88. The van der Waals surface area contributed by atoms with Crippen LogP contribution >= 0.6 is 0 Å². The van der Waals surface area contributed by atoms with E-state index in [2.05, 4.69) is 5.16 Å². The molecule has 0 bridgehead atoms. The lowest BCUT2D eigenvalue weighted by Gasteiger charge is -2.20. The molecule has 0 aliphatic carbocycles. The molecular weight excluding hydrogens is 378 g/mol. The molecule has 29 heavy (non-hydrogen) atoms. The summed E-state index contributed by atoms with van der Waals surface area (Å²) in [5.74, 6) is 0.270. The van der Waals surface area contributed by atoms with E-state index in [1.165, 1.54) is 12.1 Å². The topological polar surface area (TPSA) is 104 Å². The number of carbonyl (C=O) groups excluding carboxylic acids is 1. The van der Waals surface area contributed by atoms with E-state index < -0.39 is 4.92 Å². The zero-order chi connectivity index (χ0) is 20.4. The first-order chi connectivity index (χ1) is 14.1. The van der Waals surface area contributed by atoms with Crippen molar-refractivity contribution in [3.8, 4) is 5.75 Å². The smallest absolute Gasteiger partial charge is 0.281 e. The summed E-state index contributed by atoms with van der Waals surface area (Å²) < 4.78 is 10.7. The predicted octanol–water partition coefficient (Wildman–Crippen LogP) is 3.14. The number of hydrogen-bond acceptors (Lipinski definition) is 7. The largest absolute Gasteiger partial charge is 0.467 e. The molecule has 0 unspecified atom stereocenters. The quantitative estimate of drug-likeness (QED) is 0.548. The zero-order valence-electron chi connectivity index (χ0n) is 15.8. The second-order valence-corrected chi connectivity index (χ2v) is 6.65. The number of nitro groups is 1. The molecule has 0 atom stereocenters. The van der Waals surface area contributed by atoms with Gasteiger partial charge in [-0.2, -0.15) is 0 Å². The molecule has 0 fully saturated rings. The average molecular weight is 397 g/mol. The first-order valence-electron chi connectivity index (χ1n) is 9.22. The van der Waals surface area contributed by atoms with E-state index in [1.807, 2.05) is 31.2 Å². The van der Waals surface area contributed by atoms with Gasteiger partial charge in [0.15, 0.2) is 12.5 Å². The lowest BCUT2D eigenvalue weighted by molar-refractivity contribution is -0.385. The molecule has 9 nitrogen and oxygen atoms in total. The Balaban J connectivity index is 1.60. The Morgan fingerprint density at radius 3 is 2.93 bits per heavy atom. The number of anilines is 1. The summed E-state index contributed by atoms with van der Waals surface area (Å²) in [7, 11) is 0. The van der Waals surface area contributed by atoms with Gasteiger partial charge in [0.1, 0.15) is 12.4 Å². The summed E-state index contributed by atoms with van der Waals surface area (Å²) in [5, 5.41) is 15.3. The number of rotatable bonds is 6. The monoisotopic (exact) mass is 397 g/mol. The van der Waals surface area contributed by atoms with Gasteiger partial charge in [0.2, 0.25) is 0 Å². The number of benzene rings is 2. The number of nitrogens with zero attached hydrogens (tertiary/aromatic N) is 3. The van der Waals surface area contributed by atoms with Crippen molar-refractivity contribution in [3.05, 3.63) is 63.2 Å². The number of non-ortho nitro benzene ring substituents is 1. The number of nitro benzene ring substituents is 1. The van der Waals surface area contributed by atoms with Gasteiger partial charge in [0, 0.05) is 35.4 Å². The number of carbonyl (C=O) groups is 1. The van der Waals surface area contributed by atoms with E-state index >= 15 is 0 Å². The van der Waals surface area contributed by atoms with Crippen molar-refractivity contribution in [2.45, 2.75) is 26.6 Å². The number of oxime groups is 1.